The van der Waals surface area contributed by atoms with Crippen LogP contribution in [0.2, 0.25) is 0 Å². The highest BCUT2D eigenvalue weighted by molar-refractivity contribution is 5.93. The van der Waals surface area contributed by atoms with Gasteiger partial charge in [0, 0.05) is 18.0 Å². The molecule has 3 rings (SSSR count). The van der Waals surface area contributed by atoms with E-state index in [4.69, 9.17) is 9.47 Å². The molecule has 4 heteroatoms. The first-order chi connectivity index (χ1) is 13.3. The molecule has 3 aromatic rings. The van der Waals surface area contributed by atoms with E-state index in [2.05, 4.69) is 11.9 Å². The van der Waals surface area contributed by atoms with Crippen molar-refractivity contribution in [1.29, 1.82) is 0 Å². The number of rotatable bonds is 8. The molecule has 4 nitrogen and oxygen atoms in total. The van der Waals surface area contributed by atoms with Crippen LogP contribution in [0.1, 0.15) is 35.7 Å². The van der Waals surface area contributed by atoms with Gasteiger partial charge in [-0.2, -0.15) is 0 Å². The van der Waals surface area contributed by atoms with Gasteiger partial charge in [0.2, 0.25) is 0 Å². The molecule has 1 aromatic heterocycles. The number of benzene rings is 2. The fraction of sp³-hybridized carbons (Fsp3) is 0.217. The lowest BCUT2D eigenvalue weighted by Gasteiger charge is -2.13. The molecule has 0 aliphatic heterocycles. The summed E-state index contributed by atoms with van der Waals surface area (Å²) in [6.07, 6.45) is 5.47. The van der Waals surface area contributed by atoms with Gasteiger partial charge in [-0.25, -0.2) is 4.79 Å². The van der Waals surface area contributed by atoms with Crippen molar-refractivity contribution in [2.45, 2.75) is 26.4 Å². The first-order valence-corrected chi connectivity index (χ1v) is 9.16. The number of hydrogen-bond donors (Lipinski definition) is 0. The number of ether oxygens (including phenoxy) is 2. The third-order valence-corrected chi connectivity index (χ3v) is 4.16. The summed E-state index contributed by atoms with van der Waals surface area (Å²) >= 11 is 0. The molecule has 27 heavy (non-hydrogen) atoms. The molecule has 0 N–H and O–H groups in total. The van der Waals surface area contributed by atoms with E-state index in [1.165, 1.54) is 0 Å². The van der Waals surface area contributed by atoms with Gasteiger partial charge < -0.3 is 9.47 Å². The predicted molar refractivity (Wildman–Crippen MR) is 106 cm³/mol. The minimum atomic E-state index is -0.386. The highest BCUT2D eigenvalue weighted by atomic mass is 16.5. The number of nitrogens with zero attached hydrogens (tertiary/aromatic N) is 1. The standard InChI is InChI=1S/C23H23NO3/c1-2-3-14-26-22-15-19(20-10-7-13-24-16-20)11-12-21(22)23(25)27-17-18-8-5-4-6-9-18/h4-13,15-16H,2-3,14,17H2,1H3. The number of pyridine rings is 1. The number of carbonyl (C=O) groups is 1. The fourth-order valence-corrected chi connectivity index (χ4v) is 2.65. The molecule has 0 bridgehead atoms. The molecule has 0 saturated carbocycles. The van der Waals surface area contributed by atoms with Crippen LogP contribution in [0.25, 0.3) is 11.1 Å². The summed E-state index contributed by atoms with van der Waals surface area (Å²) < 4.78 is 11.4. The van der Waals surface area contributed by atoms with Crippen molar-refractivity contribution in [3.63, 3.8) is 0 Å². The number of aromatic nitrogens is 1. The van der Waals surface area contributed by atoms with Crippen LogP contribution in [0.5, 0.6) is 5.75 Å². The van der Waals surface area contributed by atoms with Crippen molar-refractivity contribution in [3.05, 3.63) is 84.2 Å². The number of hydrogen-bond acceptors (Lipinski definition) is 4. The lowest BCUT2D eigenvalue weighted by Crippen LogP contribution is -2.09. The van der Waals surface area contributed by atoms with Gasteiger partial charge in [0.1, 0.15) is 17.9 Å². The van der Waals surface area contributed by atoms with Crippen LogP contribution < -0.4 is 4.74 Å². The molecule has 1 heterocycles. The largest absolute Gasteiger partial charge is 0.493 e. The summed E-state index contributed by atoms with van der Waals surface area (Å²) in [6, 6.07) is 19.0. The van der Waals surface area contributed by atoms with Crippen molar-refractivity contribution in [2.75, 3.05) is 6.61 Å². The van der Waals surface area contributed by atoms with Gasteiger partial charge in [-0.1, -0.05) is 55.8 Å². The van der Waals surface area contributed by atoms with Crippen LogP contribution in [0.3, 0.4) is 0 Å². The molecular weight excluding hydrogens is 338 g/mol. The molecule has 0 atom stereocenters. The maximum Gasteiger partial charge on any atom is 0.342 e. The second kappa shape index (κ2) is 9.53. The molecule has 2 aromatic carbocycles. The molecule has 0 fully saturated rings. The van der Waals surface area contributed by atoms with Crippen LogP contribution in [-0.2, 0) is 11.3 Å². The molecule has 0 aliphatic rings. The quantitative estimate of drug-likeness (QED) is 0.404. The van der Waals surface area contributed by atoms with Gasteiger partial charge in [0.15, 0.2) is 0 Å². The molecule has 0 saturated heterocycles. The third kappa shape index (κ3) is 5.17. The minimum absolute atomic E-state index is 0.235. The van der Waals surface area contributed by atoms with Gasteiger partial charge in [-0.3, -0.25) is 4.98 Å². The highest BCUT2D eigenvalue weighted by Crippen LogP contribution is 2.28. The van der Waals surface area contributed by atoms with Crippen LogP contribution >= 0.6 is 0 Å². The monoisotopic (exact) mass is 361 g/mol. The Morgan fingerprint density at radius 2 is 1.85 bits per heavy atom. The zero-order chi connectivity index (χ0) is 18.9. The van der Waals surface area contributed by atoms with E-state index in [0.717, 1.165) is 29.5 Å². The van der Waals surface area contributed by atoms with E-state index in [-0.39, 0.29) is 12.6 Å². The number of esters is 1. The van der Waals surface area contributed by atoms with Crippen LogP contribution in [0.4, 0.5) is 0 Å². The Morgan fingerprint density at radius 1 is 1.00 bits per heavy atom. The van der Waals surface area contributed by atoms with E-state index in [1.54, 1.807) is 18.5 Å². The first-order valence-electron chi connectivity index (χ1n) is 9.16. The van der Waals surface area contributed by atoms with Crippen molar-refractivity contribution in [1.82, 2.24) is 4.98 Å². The minimum Gasteiger partial charge on any atom is -0.493 e. The summed E-state index contributed by atoms with van der Waals surface area (Å²) in [5.41, 5.74) is 3.32. The molecule has 0 aliphatic carbocycles. The summed E-state index contributed by atoms with van der Waals surface area (Å²) in [7, 11) is 0. The Bertz CT molecular complexity index is 863. The van der Waals surface area contributed by atoms with Crippen molar-refractivity contribution in [2.24, 2.45) is 0 Å². The average molecular weight is 361 g/mol. The Labute approximate surface area is 159 Å². The Balaban J connectivity index is 1.80. The zero-order valence-electron chi connectivity index (χ0n) is 15.4. The lowest BCUT2D eigenvalue weighted by molar-refractivity contribution is 0.0468. The second-order valence-electron chi connectivity index (χ2n) is 6.22. The second-order valence-corrected chi connectivity index (χ2v) is 6.22. The Hall–Kier alpha value is -3.14. The summed E-state index contributed by atoms with van der Waals surface area (Å²) in [4.78, 5) is 16.8. The molecule has 0 amide bonds. The predicted octanol–water partition coefficient (Wildman–Crippen LogP) is 5.28. The number of carbonyl (C=O) groups excluding carboxylic acids is 1. The summed E-state index contributed by atoms with van der Waals surface area (Å²) in [5, 5.41) is 0. The van der Waals surface area contributed by atoms with Gasteiger partial charge >= 0.3 is 5.97 Å². The van der Waals surface area contributed by atoms with Crippen LogP contribution in [0.15, 0.2) is 73.1 Å². The van der Waals surface area contributed by atoms with Crippen molar-refractivity contribution >= 4 is 5.97 Å². The van der Waals surface area contributed by atoms with E-state index in [0.29, 0.717) is 17.9 Å². The number of unbranched alkanes of at least 4 members (excludes halogenated alkanes) is 1. The van der Waals surface area contributed by atoms with E-state index >= 15 is 0 Å². The topological polar surface area (TPSA) is 48.4 Å². The normalized spacial score (nSPS) is 10.4. The molecule has 0 radical (unpaired) electrons. The van der Waals surface area contributed by atoms with E-state index in [9.17, 15) is 4.79 Å². The Morgan fingerprint density at radius 3 is 2.59 bits per heavy atom. The van der Waals surface area contributed by atoms with Crippen LogP contribution in [0, 0.1) is 0 Å². The van der Waals surface area contributed by atoms with Crippen LogP contribution in [-0.4, -0.2) is 17.6 Å². The summed E-state index contributed by atoms with van der Waals surface area (Å²) in [5.74, 6) is 0.158. The maximum atomic E-state index is 12.6. The zero-order valence-corrected chi connectivity index (χ0v) is 15.4. The third-order valence-electron chi connectivity index (χ3n) is 4.16. The molecule has 0 unspecified atom stereocenters. The smallest absolute Gasteiger partial charge is 0.342 e. The fourth-order valence-electron chi connectivity index (χ4n) is 2.65. The van der Waals surface area contributed by atoms with Crippen molar-refractivity contribution in [3.8, 4) is 16.9 Å². The summed E-state index contributed by atoms with van der Waals surface area (Å²) in [6.45, 7) is 2.90. The highest BCUT2D eigenvalue weighted by Gasteiger charge is 2.16. The molecule has 138 valence electrons. The van der Waals surface area contributed by atoms with Crippen molar-refractivity contribution < 1.29 is 14.3 Å². The van der Waals surface area contributed by atoms with Gasteiger partial charge in [0.05, 0.1) is 6.61 Å². The van der Waals surface area contributed by atoms with E-state index in [1.807, 2.05) is 54.6 Å². The molecular formula is C23H23NO3. The average Bonchev–Trinajstić information content (AvgIpc) is 2.73. The molecule has 0 spiro atoms. The SMILES string of the molecule is CCCCOc1cc(-c2cccnc2)ccc1C(=O)OCc1ccccc1. The van der Waals surface area contributed by atoms with Gasteiger partial charge in [0.25, 0.3) is 0 Å². The first kappa shape index (κ1) is 18.6. The maximum absolute atomic E-state index is 12.6. The van der Waals surface area contributed by atoms with Gasteiger partial charge in [-0.15, -0.1) is 0 Å². The van der Waals surface area contributed by atoms with E-state index < -0.39 is 0 Å². The van der Waals surface area contributed by atoms with Gasteiger partial charge in [-0.05, 0) is 35.7 Å². The lowest BCUT2D eigenvalue weighted by atomic mass is 10.0. The Kier molecular flexibility index (Phi) is 6.58.